The van der Waals surface area contributed by atoms with E-state index in [9.17, 15) is 0 Å². The van der Waals surface area contributed by atoms with Gasteiger partial charge in [-0.05, 0) is 20.8 Å². The maximum atomic E-state index is 7.86. The van der Waals surface area contributed by atoms with Crippen LogP contribution in [0.3, 0.4) is 0 Å². The van der Waals surface area contributed by atoms with Crippen LogP contribution >= 0.6 is 24.0 Å². The Kier molecular flexibility index (Phi) is 90.7. The van der Waals surface area contributed by atoms with Gasteiger partial charge >= 0.3 is 0 Å². The average molecular weight is 302 g/mol. The van der Waals surface area contributed by atoms with Gasteiger partial charge < -0.3 is 5.11 Å². The quantitative estimate of drug-likeness (QED) is 0.364. The summed E-state index contributed by atoms with van der Waals surface area (Å²) in [5.74, 6) is 0.167. The van der Waals surface area contributed by atoms with Crippen molar-refractivity contribution in [2.45, 2.75) is 48.5 Å². The van der Waals surface area contributed by atoms with Gasteiger partial charge in [-0.15, -0.1) is 30.6 Å². The molecule has 0 unspecified atom stereocenters. The van der Waals surface area contributed by atoms with Gasteiger partial charge in [0.05, 0.1) is 5.76 Å². The van der Waals surface area contributed by atoms with Gasteiger partial charge in [-0.1, -0.05) is 39.8 Å². The third-order valence-corrected chi connectivity index (χ3v) is 0. The predicted octanol–water partition coefficient (Wildman–Crippen LogP) is 5.33. The van der Waals surface area contributed by atoms with Gasteiger partial charge in [0.15, 0.2) is 0 Å². The first-order valence-electron chi connectivity index (χ1n) is 4.43. The fraction of sp³-hybridized carbons (Fsp3) is 0.636. The minimum absolute atomic E-state index is 0. The normalized spacial score (nSPS) is 4.85. The highest BCUT2D eigenvalue weighted by molar-refractivity contribution is 14.0. The molecule has 13 heavy (non-hydrogen) atoms. The summed E-state index contributed by atoms with van der Waals surface area (Å²) in [5, 5.41) is 7.86. The zero-order valence-electron chi connectivity index (χ0n) is 10.3. The molecule has 1 N–H and O–H groups in total. The van der Waals surface area contributed by atoms with Crippen molar-refractivity contribution in [2.75, 3.05) is 0 Å². The largest absolute Gasteiger partial charge is 0.513 e. The molecular formula is C11H27IO. The van der Waals surface area contributed by atoms with E-state index in [0.29, 0.717) is 0 Å². The van der Waals surface area contributed by atoms with Crippen LogP contribution in [0.15, 0.2) is 24.5 Å². The molecule has 1 nitrogen and oxygen atoms in total. The summed E-state index contributed by atoms with van der Waals surface area (Å²) in [4.78, 5) is 0. The van der Waals surface area contributed by atoms with Gasteiger partial charge in [0.2, 0.25) is 0 Å². The van der Waals surface area contributed by atoms with Crippen LogP contribution in [-0.2, 0) is 0 Å². The van der Waals surface area contributed by atoms with Gasteiger partial charge in [-0.2, -0.15) is 0 Å². The van der Waals surface area contributed by atoms with Crippen LogP contribution in [-0.4, -0.2) is 5.11 Å². The van der Waals surface area contributed by atoms with Crippen LogP contribution in [0.2, 0.25) is 0 Å². The second-order valence-electron chi connectivity index (χ2n) is 1.94. The Morgan fingerprint density at radius 2 is 0.846 bits per heavy atom. The summed E-state index contributed by atoms with van der Waals surface area (Å²) in [6.45, 7) is 20.1. The molecule has 2 heteroatoms. The highest BCUT2D eigenvalue weighted by Gasteiger charge is 1.53. The Bertz CT molecular complexity index is 68.1. The molecule has 0 bridgehead atoms. The van der Waals surface area contributed by atoms with Gasteiger partial charge in [0.25, 0.3) is 0 Å². The van der Waals surface area contributed by atoms with Crippen LogP contribution in [0.4, 0.5) is 0 Å². The Balaban J connectivity index is -0.0000000226. The number of allylic oxidation sites excluding steroid dienone is 2. The van der Waals surface area contributed by atoms with E-state index in [0.717, 1.165) is 0 Å². The third-order valence-electron chi connectivity index (χ3n) is 0. The van der Waals surface area contributed by atoms with Gasteiger partial charge in [0.1, 0.15) is 0 Å². The van der Waals surface area contributed by atoms with E-state index >= 15 is 0 Å². The van der Waals surface area contributed by atoms with Crippen molar-refractivity contribution in [3.8, 4) is 0 Å². The van der Waals surface area contributed by atoms with Crippen molar-refractivity contribution in [3.05, 3.63) is 24.5 Å². The molecule has 0 aromatic heterocycles. The fourth-order valence-corrected chi connectivity index (χ4v) is 0. The fourth-order valence-electron chi connectivity index (χ4n) is 0. The highest BCUT2D eigenvalue weighted by atomic mass is 127. The van der Waals surface area contributed by atoms with Gasteiger partial charge in [-0.25, -0.2) is 0 Å². The molecule has 0 aliphatic carbocycles. The molecule has 0 aliphatic heterocycles. The minimum atomic E-state index is 0. The molecule has 0 saturated heterocycles. The third kappa shape index (κ3) is 12000000. The van der Waals surface area contributed by atoms with E-state index in [1.165, 1.54) is 12.5 Å². The van der Waals surface area contributed by atoms with Crippen LogP contribution in [0, 0.1) is 0 Å². The molecule has 0 aliphatic rings. The van der Waals surface area contributed by atoms with Crippen molar-refractivity contribution in [1.82, 2.24) is 0 Å². The maximum Gasteiger partial charge on any atom is 0.0820 e. The molecular weight excluding hydrogens is 275 g/mol. The molecule has 0 aromatic rings. The molecule has 0 spiro atoms. The van der Waals surface area contributed by atoms with Crippen molar-refractivity contribution in [2.24, 2.45) is 0 Å². The van der Waals surface area contributed by atoms with Crippen molar-refractivity contribution in [3.63, 3.8) is 0 Å². The van der Waals surface area contributed by atoms with E-state index in [1.54, 1.807) is 0 Å². The lowest BCUT2D eigenvalue weighted by Crippen LogP contribution is -1.54. The number of halogens is 1. The molecule has 0 amide bonds. The summed E-state index contributed by atoms with van der Waals surface area (Å²) in [5.41, 5.74) is 1.17. The first-order chi connectivity index (χ1) is 5.46. The molecule has 0 rings (SSSR count). The van der Waals surface area contributed by atoms with E-state index in [2.05, 4.69) is 13.2 Å². The molecule has 0 fully saturated rings. The van der Waals surface area contributed by atoms with Crippen molar-refractivity contribution in [1.29, 1.82) is 0 Å². The van der Waals surface area contributed by atoms with Crippen LogP contribution in [0.1, 0.15) is 48.5 Å². The summed E-state index contributed by atoms with van der Waals surface area (Å²) in [6, 6.07) is 0. The van der Waals surface area contributed by atoms with Gasteiger partial charge in [0, 0.05) is 0 Å². The Hall–Kier alpha value is 0.0100. The Morgan fingerprint density at radius 1 is 0.846 bits per heavy atom. The summed E-state index contributed by atoms with van der Waals surface area (Å²) in [7, 11) is 0. The zero-order valence-corrected chi connectivity index (χ0v) is 12.6. The van der Waals surface area contributed by atoms with Crippen molar-refractivity contribution < 1.29 is 5.11 Å². The standard InChI is InChI=1S/C4H8.C3H6O.2C2H6.HI/c1-4(2)3;1-3(2)4;2*1-2;/h1H2,2-3H3;4H,1H2,2H3;2*1-2H3;1H. The topological polar surface area (TPSA) is 20.2 Å². The number of aliphatic hydroxyl groups excluding tert-OH is 1. The minimum Gasteiger partial charge on any atom is -0.513 e. The lowest BCUT2D eigenvalue weighted by atomic mass is 10.4. The van der Waals surface area contributed by atoms with E-state index in [1.807, 2.05) is 41.5 Å². The number of aliphatic hydroxyl groups is 1. The Morgan fingerprint density at radius 3 is 0.846 bits per heavy atom. The molecule has 0 saturated carbocycles. The molecule has 0 aromatic carbocycles. The number of hydrogen-bond donors (Lipinski definition) is 1. The van der Waals surface area contributed by atoms with E-state index in [4.69, 9.17) is 5.11 Å². The maximum absolute atomic E-state index is 7.86. The second kappa shape index (κ2) is 40.3. The SMILES string of the molecule is C=C(C)C.C=C(C)O.CC.CC.I. The predicted molar refractivity (Wildman–Crippen MR) is 76.0 cm³/mol. The van der Waals surface area contributed by atoms with Crippen molar-refractivity contribution >= 4 is 24.0 Å². The lowest BCUT2D eigenvalue weighted by Gasteiger charge is -1.68. The average Bonchev–Trinajstić information content (AvgIpc) is 1.93. The Labute approximate surface area is 102 Å². The van der Waals surface area contributed by atoms with Gasteiger partial charge in [-0.3, -0.25) is 0 Å². The molecule has 0 heterocycles. The monoisotopic (exact) mass is 302 g/mol. The molecule has 0 radical (unpaired) electrons. The summed E-state index contributed by atoms with van der Waals surface area (Å²) >= 11 is 0. The number of hydrogen-bond acceptors (Lipinski definition) is 1. The second-order valence-corrected chi connectivity index (χ2v) is 1.94. The van der Waals surface area contributed by atoms with Crippen LogP contribution < -0.4 is 0 Å². The molecule has 0 atom stereocenters. The highest BCUT2D eigenvalue weighted by Crippen LogP contribution is 1.73. The van der Waals surface area contributed by atoms with Crippen LogP contribution in [0.5, 0.6) is 0 Å². The molecule has 84 valence electrons. The first-order valence-corrected chi connectivity index (χ1v) is 4.43. The first kappa shape index (κ1) is 29.2. The van der Waals surface area contributed by atoms with Crippen LogP contribution in [0.25, 0.3) is 0 Å². The lowest BCUT2D eigenvalue weighted by molar-refractivity contribution is 0.417. The van der Waals surface area contributed by atoms with E-state index in [-0.39, 0.29) is 29.7 Å². The van der Waals surface area contributed by atoms with E-state index < -0.39 is 0 Å². The number of rotatable bonds is 0. The summed E-state index contributed by atoms with van der Waals surface area (Å²) in [6.07, 6.45) is 0. The summed E-state index contributed by atoms with van der Waals surface area (Å²) < 4.78 is 0. The zero-order chi connectivity index (χ0) is 11.2. The smallest absolute Gasteiger partial charge is 0.0820 e.